The lowest BCUT2D eigenvalue weighted by molar-refractivity contribution is 0.103. The van der Waals surface area contributed by atoms with Crippen molar-refractivity contribution in [3.63, 3.8) is 0 Å². The van der Waals surface area contributed by atoms with E-state index < -0.39 is 0 Å². The van der Waals surface area contributed by atoms with Crippen LogP contribution in [0.2, 0.25) is 0 Å². The SMILES string of the molecule is O=C(c1ccccc1)c1cccnc1Br. The molecule has 74 valence electrons. The number of carbonyl (C=O) groups excluding carboxylic acids is 1. The van der Waals surface area contributed by atoms with Crippen molar-refractivity contribution in [3.05, 3.63) is 64.4 Å². The van der Waals surface area contributed by atoms with E-state index in [2.05, 4.69) is 20.9 Å². The van der Waals surface area contributed by atoms with Crippen LogP contribution in [0.15, 0.2) is 53.3 Å². The van der Waals surface area contributed by atoms with E-state index in [0.717, 1.165) is 0 Å². The predicted octanol–water partition coefficient (Wildman–Crippen LogP) is 3.08. The molecule has 1 heterocycles. The van der Waals surface area contributed by atoms with Gasteiger partial charge in [-0.15, -0.1) is 0 Å². The van der Waals surface area contributed by atoms with Crippen molar-refractivity contribution < 1.29 is 4.79 Å². The average Bonchev–Trinajstić information content (AvgIpc) is 2.30. The summed E-state index contributed by atoms with van der Waals surface area (Å²) < 4.78 is 0.582. The minimum absolute atomic E-state index is 0.0180. The smallest absolute Gasteiger partial charge is 0.195 e. The minimum Gasteiger partial charge on any atom is -0.289 e. The van der Waals surface area contributed by atoms with Gasteiger partial charge in [-0.3, -0.25) is 4.79 Å². The Kier molecular flexibility index (Phi) is 2.92. The largest absolute Gasteiger partial charge is 0.289 e. The molecule has 0 amide bonds. The summed E-state index contributed by atoms with van der Waals surface area (Å²) in [5.41, 5.74) is 1.26. The van der Waals surface area contributed by atoms with Gasteiger partial charge in [0.2, 0.25) is 0 Å². The zero-order valence-electron chi connectivity index (χ0n) is 7.85. The topological polar surface area (TPSA) is 30.0 Å². The van der Waals surface area contributed by atoms with Crippen molar-refractivity contribution in [2.24, 2.45) is 0 Å². The highest BCUT2D eigenvalue weighted by atomic mass is 79.9. The van der Waals surface area contributed by atoms with Crippen LogP contribution in [-0.2, 0) is 0 Å². The molecule has 0 aliphatic carbocycles. The lowest BCUT2D eigenvalue weighted by atomic mass is 10.1. The Morgan fingerprint density at radius 1 is 1.07 bits per heavy atom. The van der Waals surface area contributed by atoms with Crippen LogP contribution in [0.1, 0.15) is 15.9 Å². The summed E-state index contributed by atoms with van der Waals surface area (Å²) >= 11 is 3.26. The van der Waals surface area contributed by atoms with Crippen molar-refractivity contribution in [1.29, 1.82) is 0 Å². The Hall–Kier alpha value is -1.48. The third-order valence-corrected chi connectivity index (χ3v) is 2.67. The molecule has 0 unspecified atom stereocenters. The fourth-order valence-corrected chi connectivity index (χ4v) is 1.73. The molecule has 0 saturated carbocycles. The summed E-state index contributed by atoms with van der Waals surface area (Å²) in [7, 11) is 0. The number of carbonyl (C=O) groups is 1. The third kappa shape index (κ3) is 2.13. The van der Waals surface area contributed by atoms with Crippen molar-refractivity contribution in [2.45, 2.75) is 0 Å². The van der Waals surface area contributed by atoms with E-state index in [1.54, 1.807) is 30.5 Å². The van der Waals surface area contributed by atoms with E-state index in [4.69, 9.17) is 0 Å². The van der Waals surface area contributed by atoms with Gasteiger partial charge < -0.3 is 0 Å². The maximum atomic E-state index is 12.0. The van der Waals surface area contributed by atoms with Gasteiger partial charge in [0, 0.05) is 11.8 Å². The van der Waals surface area contributed by atoms with Crippen LogP contribution >= 0.6 is 15.9 Å². The summed E-state index contributed by atoms with van der Waals surface area (Å²) in [6.07, 6.45) is 1.64. The first-order valence-corrected chi connectivity index (χ1v) is 5.28. The highest BCUT2D eigenvalue weighted by Crippen LogP contribution is 2.16. The van der Waals surface area contributed by atoms with Gasteiger partial charge >= 0.3 is 0 Å². The average molecular weight is 262 g/mol. The van der Waals surface area contributed by atoms with E-state index in [9.17, 15) is 4.79 Å². The Morgan fingerprint density at radius 3 is 2.47 bits per heavy atom. The summed E-state index contributed by atoms with van der Waals surface area (Å²) in [6.45, 7) is 0. The van der Waals surface area contributed by atoms with Gasteiger partial charge in [-0.05, 0) is 28.1 Å². The summed E-state index contributed by atoms with van der Waals surface area (Å²) in [6, 6.07) is 12.7. The molecule has 1 aromatic carbocycles. The maximum absolute atomic E-state index is 12.0. The van der Waals surface area contributed by atoms with Gasteiger partial charge in [-0.25, -0.2) is 4.98 Å². The summed E-state index contributed by atoms with van der Waals surface area (Å²) in [5.74, 6) is -0.0180. The lowest BCUT2D eigenvalue weighted by Crippen LogP contribution is -2.02. The van der Waals surface area contributed by atoms with Gasteiger partial charge in [0.05, 0.1) is 5.56 Å². The van der Waals surface area contributed by atoms with Crippen LogP contribution in [0.5, 0.6) is 0 Å². The standard InChI is InChI=1S/C12H8BrNO/c13-12-10(7-4-8-14-12)11(15)9-5-2-1-3-6-9/h1-8H. The highest BCUT2D eigenvalue weighted by Gasteiger charge is 2.11. The van der Waals surface area contributed by atoms with E-state index >= 15 is 0 Å². The second kappa shape index (κ2) is 4.36. The number of pyridine rings is 1. The molecule has 0 radical (unpaired) electrons. The fraction of sp³-hybridized carbons (Fsp3) is 0. The van der Waals surface area contributed by atoms with E-state index in [-0.39, 0.29) is 5.78 Å². The molecule has 3 heteroatoms. The molecule has 0 fully saturated rings. The monoisotopic (exact) mass is 261 g/mol. The number of halogens is 1. The van der Waals surface area contributed by atoms with Crippen molar-refractivity contribution in [1.82, 2.24) is 4.98 Å². The maximum Gasteiger partial charge on any atom is 0.195 e. The Balaban J connectivity index is 2.42. The van der Waals surface area contributed by atoms with Crippen LogP contribution in [-0.4, -0.2) is 10.8 Å². The molecule has 2 aromatic rings. The van der Waals surface area contributed by atoms with Gasteiger partial charge in [-0.2, -0.15) is 0 Å². The molecule has 0 N–H and O–H groups in total. The minimum atomic E-state index is -0.0180. The van der Waals surface area contributed by atoms with Crippen LogP contribution in [0.3, 0.4) is 0 Å². The molecule has 0 saturated heterocycles. The van der Waals surface area contributed by atoms with Gasteiger partial charge in [0.1, 0.15) is 4.60 Å². The number of hydrogen-bond donors (Lipinski definition) is 0. The van der Waals surface area contributed by atoms with E-state index in [0.29, 0.717) is 15.7 Å². The summed E-state index contributed by atoms with van der Waals surface area (Å²) in [5, 5.41) is 0. The number of nitrogens with zero attached hydrogens (tertiary/aromatic N) is 1. The second-order valence-corrected chi connectivity index (χ2v) is 3.79. The second-order valence-electron chi connectivity index (χ2n) is 3.04. The molecule has 0 aliphatic heterocycles. The van der Waals surface area contributed by atoms with Gasteiger partial charge in [-0.1, -0.05) is 30.3 Å². The quantitative estimate of drug-likeness (QED) is 0.615. The molecule has 15 heavy (non-hydrogen) atoms. The molecule has 1 aromatic heterocycles. The lowest BCUT2D eigenvalue weighted by Gasteiger charge is -2.01. The number of hydrogen-bond acceptors (Lipinski definition) is 2. The molecule has 0 spiro atoms. The zero-order valence-corrected chi connectivity index (χ0v) is 9.44. The molecule has 2 nitrogen and oxygen atoms in total. The molecule has 0 bridgehead atoms. The fourth-order valence-electron chi connectivity index (χ4n) is 1.30. The number of rotatable bonds is 2. The number of ketones is 1. The van der Waals surface area contributed by atoms with E-state index in [1.807, 2.05) is 18.2 Å². The highest BCUT2D eigenvalue weighted by molar-refractivity contribution is 9.10. The Morgan fingerprint density at radius 2 is 1.80 bits per heavy atom. The number of aromatic nitrogens is 1. The van der Waals surface area contributed by atoms with Crippen LogP contribution in [0.4, 0.5) is 0 Å². The molecular weight excluding hydrogens is 254 g/mol. The predicted molar refractivity (Wildman–Crippen MR) is 61.8 cm³/mol. The van der Waals surface area contributed by atoms with Crippen LogP contribution < -0.4 is 0 Å². The number of benzene rings is 1. The molecule has 0 aliphatic rings. The first-order valence-electron chi connectivity index (χ1n) is 4.49. The Labute approximate surface area is 96.1 Å². The van der Waals surface area contributed by atoms with Gasteiger partial charge in [0.25, 0.3) is 0 Å². The van der Waals surface area contributed by atoms with Crippen LogP contribution in [0, 0.1) is 0 Å². The third-order valence-electron chi connectivity index (χ3n) is 2.04. The van der Waals surface area contributed by atoms with Crippen LogP contribution in [0.25, 0.3) is 0 Å². The zero-order chi connectivity index (χ0) is 10.7. The first kappa shape index (κ1) is 10.1. The molecule has 2 rings (SSSR count). The van der Waals surface area contributed by atoms with Gasteiger partial charge in [0.15, 0.2) is 5.78 Å². The molecule has 0 atom stereocenters. The normalized spacial score (nSPS) is 9.93. The van der Waals surface area contributed by atoms with E-state index in [1.165, 1.54) is 0 Å². The summed E-state index contributed by atoms with van der Waals surface area (Å²) in [4.78, 5) is 16.0. The first-order chi connectivity index (χ1) is 7.29. The molecular formula is C12H8BrNO. The van der Waals surface area contributed by atoms with Crippen molar-refractivity contribution in [2.75, 3.05) is 0 Å². The Bertz CT molecular complexity index is 482. The van der Waals surface area contributed by atoms with Crippen molar-refractivity contribution in [3.8, 4) is 0 Å². The van der Waals surface area contributed by atoms with Crippen molar-refractivity contribution >= 4 is 21.7 Å².